The first kappa shape index (κ1) is 23.2. The van der Waals surface area contributed by atoms with Gasteiger partial charge in [0.25, 0.3) is 11.6 Å². The highest BCUT2D eigenvalue weighted by Crippen LogP contribution is 2.35. The number of nitrogens with zero attached hydrogens (tertiary/aromatic N) is 5. The molecule has 2 aliphatic rings. The van der Waals surface area contributed by atoms with Crippen LogP contribution in [0.2, 0.25) is 0 Å². The Bertz CT molecular complexity index is 1240. The molecule has 0 N–H and O–H groups in total. The van der Waals surface area contributed by atoms with Crippen molar-refractivity contribution in [2.24, 2.45) is 0 Å². The second kappa shape index (κ2) is 9.61. The third-order valence-electron chi connectivity index (χ3n) is 6.93. The standard InChI is InChI=1S/C25H27N5O4S/c1-17(31)27-12-14-28(15-13-27)21-7-6-19(16-22(21)30(33)34)25(32)29-10-8-18(9-11-29)24-26-20-4-2-3-5-23(20)35-24/h2-7,16,18H,8-15H2,1H3. The van der Waals surface area contributed by atoms with E-state index in [-0.39, 0.29) is 17.5 Å². The minimum absolute atomic E-state index is 0.00648. The maximum Gasteiger partial charge on any atom is 0.293 e. The molecule has 3 heterocycles. The Hall–Kier alpha value is -3.53. The molecular weight excluding hydrogens is 466 g/mol. The topological polar surface area (TPSA) is 99.9 Å². The van der Waals surface area contributed by atoms with Crippen molar-refractivity contribution in [2.75, 3.05) is 44.2 Å². The maximum absolute atomic E-state index is 13.2. The molecular formula is C25H27N5O4S. The van der Waals surface area contributed by atoms with Crippen LogP contribution in [0.5, 0.6) is 0 Å². The van der Waals surface area contributed by atoms with E-state index in [2.05, 4.69) is 6.07 Å². The third kappa shape index (κ3) is 4.70. The van der Waals surface area contributed by atoms with Crippen LogP contribution in [-0.2, 0) is 4.79 Å². The summed E-state index contributed by atoms with van der Waals surface area (Å²) in [5, 5.41) is 13.0. The molecule has 0 spiro atoms. The van der Waals surface area contributed by atoms with Crippen LogP contribution in [0.3, 0.4) is 0 Å². The van der Waals surface area contributed by atoms with E-state index in [4.69, 9.17) is 4.98 Å². The zero-order valence-corrected chi connectivity index (χ0v) is 20.4. The molecule has 35 heavy (non-hydrogen) atoms. The van der Waals surface area contributed by atoms with Crippen LogP contribution in [-0.4, -0.2) is 70.8 Å². The molecule has 1 aromatic heterocycles. The lowest BCUT2D eigenvalue weighted by Crippen LogP contribution is -2.48. The minimum Gasteiger partial charge on any atom is -0.362 e. The average Bonchev–Trinajstić information content (AvgIpc) is 3.32. The van der Waals surface area contributed by atoms with Crippen LogP contribution in [0.4, 0.5) is 11.4 Å². The van der Waals surface area contributed by atoms with E-state index in [1.165, 1.54) is 17.7 Å². The number of hydrogen-bond acceptors (Lipinski definition) is 7. The van der Waals surface area contributed by atoms with Gasteiger partial charge in [-0.25, -0.2) is 4.98 Å². The zero-order valence-electron chi connectivity index (χ0n) is 19.6. The summed E-state index contributed by atoms with van der Waals surface area (Å²) in [5.74, 6) is 0.151. The van der Waals surface area contributed by atoms with Crippen molar-refractivity contribution in [3.63, 3.8) is 0 Å². The van der Waals surface area contributed by atoms with Gasteiger partial charge in [-0.15, -0.1) is 11.3 Å². The van der Waals surface area contributed by atoms with E-state index >= 15 is 0 Å². The summed E-state index contributed by atoms with van der Waals surface area (Å²) in [6.07, 6.45) is 1.65. The lowest BCUT2D eigenvalue weighted by molar-refractivity contribution is -0.384. The molecule has 0 unspecified atom stereocenters. The number of piperazine rings is 1. The van der Waals surface area contributed by atoms with Gasteiger partial charge in [0.2, 0.25) is 5.91 Å². The number of fused-ring (bicyclic) bond motifs is 1. The number of anilines is 1. The van der Waals surface area contributed by atoms with Crippen molar-refractivity contribution in [1.82, 2.24) is 14.8 Å². The van der Waals surface area contributed by atoms with Gasteiger partial charge in [-0.05, 0) is 37.1 Å². The Morgan fingerprint density at radius 1 is 1.00 bits per heavy atom. The first-order valence-corrected chi connectivity index (χ1v) is 12.7. The number of benzene rings is 2. The summed E-state index contributed by atoms with van der Waals surface area (Å²) < 4.78 is 1.18. The summed E-state index contributed by atoms with van der Waals surface area (Å²) in [4.78, 5) is 46.4. The van der Waals surface area contributed by atoms with Crippen LogP contribution in [0, 0.1) is 10.1 Å². The van der Waals surface area contributed by atoms with Crippen molar-refractivity contribution < 1.29 is 14.5 Å². The normalized spacial score (nSPS) is 17.1. The van der Waals surface area contributed by atoms with Gasteiger partial charge < -0.3 is 14.7 Å². The van der Waals surface area contributed by atoms with Crippen molar-refractivity contribution in [3.05, 3.63) is 63.1 Å². The largest absolute Gasteiger partial charge is 0.362 e. The van der Waals surface area contributed by atoms with Crippen molar-refractivity contribution in [2.45, 2.75) is 25.7 Å². The molecule has 3 aromatic rings. The van der Waals surface area contributed by atoms with E-state index in [9.17, 15) is 19.7 Å². The second-order valence-corrected chi connectivity index (χ2v) is 10.1. The zero-order chi connectivity index (χ0) is 24.5. The molecule has 2 amide bonds. The van der Waals surface area contributed by atoms with Gasteiger partial charge in [0.1, 0.15) is 5.69 Å². The first-order chi connectivity index (χ1) is 16.9. The number of carbonyl (C=O) groups excluding carboxylic acids is 2. The summed E-state index contributed by atoms with van der Waals surface area (Å²) in [5.41, 5.74) is 1.77. The number of likely N-dealkylation sites (tertiary alicyclic amines) is 1. The number of amides is 2. The van der Waals surface area contributed by atoms with Crippen LogP contribution in [0.15, 0.2) is 42.5 Å². The Morgan fingerprint density at radius 3 is 2.37 bits per heavy atom. The Balaban J connectivity index is 1.27. The summed E-state index contributed by atoms with van der Waals surface area (Å²) in [6, 6.07) is 12.9. The number of nitro groups is 1. The summed E-state index contributed by atoms with van der Waals surface area (Å²) in [7, 11) is 0. The van der Waals surface area contributed by atoms with Gasteiger partial charge in [-0.3, -0.25) is 19.7 Å². The summed E-state index contributed by atoms with van der Waals surface area (Å²) >= 11 is 1.72. The van der Waals surface area contributed by atoms with Crippen LogP contribution in [0.1, 0.15) is 41.0 Å². The number of aromatic nitrogens is 1. The lowest BCUT2D eigenvalue weighted by Gasteiger charge is -2.35. The molecule has 2 saturated heterocycles. The highest BCUT2D eigenvalue weighted by molar-refractivity contribution is 7.18. The molecule has 0 bridgehead atoms. The van der Waals surface area contributed by atoms with E-state index in [0.717, 1.165) is 23.4 Å². The Kier molecular flexibility index (Phi) is 6.38. The predicted octanol–water partition coefficient (Wildman–Crippen LogP) is 3.89. The smallest absolute Gasteiger partial charge is 0.293 e. The Labute approximate surface area is 207 Å². The number of carbonyl (C=O) groups is 2. The van der Waals surface area contributed by atoms with Crippen molar-refractivity contribution in [3.8, 4) is 0 Å². The quantitative estimate of drug-likeness (QED) is 0.404. The van der Waals surface area contributed by atoms with Crippen molar-refractivity contribution in [1.29, 1.82) is 0 Å². The molecule has 2 aliphatic heterocycles. The molecule has 2 fully saturated rings. The van der Waals surface area contributed by atoms with E-state index in [0.29, 0.717) is 56.4 Å². The number of rotatable bonds is 4. The Morgan fingerprint density at radius 2 is 1.71 bits per heavy atom. The fourth-order valence-corrected chi connectivity index (χ4v) is 6.05. The lowest BCUT2D eigenvalue weighted by atomic mass is 9.97. The van der Waals surface area contributed by atoms with Crippen molar-refractivity contribution >= 4 is 44.7 Å². The second-order valence-electron chi connectivity index (χ2n) is 9.04. The summed E-state index contributed by atoms with van der Waals surface area (Å²) in [6.45, 7) is 4.82. The third-order valence-corrected chi connectivity index (χ3v) is 8.13. The van der Waals surface area contributed by atoms with Gasteiger partial charge in [-0.2, -0.15) is 0 Å². The highest BCUT2D eigenvalue weighted by atomic mass is 32.1. The molecule has 5 rings (SSSR count). The monoisotopic (exact) mass is 493 g/mol. The van der Waals surface area contributed by atoms with Crippen LogP contribution in [0.25, 0.3) is 10.2 Å². The fourth-order valence-electron chi connectivity index (χ4n) is 4.91. The number of piperidine rings is 1. The van der Waals surface area contributed by atoms with Crippen LogP contribution < -0.4 is 4.90 Å². The molecule has 2 aromatic carbocycles. The van der Waals surface area contributed by atoms with Gasteiger partial charge >= 0.3 is 0 Å². The average molecular weight is 494 g/mol. The number of nitro benzene ring substituents is 1. The molecule has 10 heteroatoms. The molecule has 0 aliphatic carbocycles. The van der Waals surface area contributed by atoms with Gasteiger partial charge in [0.15, 0.2) is 0 Å². The predicted molar refractivity (Wildman–Crippen MR) is 135 cm³/mol. The molecule has 0 atom stereocenters. The van der Waals surface area contributed by atoms with Gasteiger partial charge in [0, 0.05) is 63.7 Å². The van der Waals surface area contributed by atoms with E-state index in [1.807, 2.05) is 23.1 Å². The van der Waals surface area contributed by atoms with E-state index in [1.54, 1.807) is 33.3 Å². The van der Waals surface area contributed by atoms with Crippen LogP contribution >= 0.6 is 11.3 Å². The highest BCUT2D eigenvalue weighted by Gasteiger charge is 2.29. The molecule has 0 saturated carbocycles. The molecule has 9 nitrogen and oxygen atoms in total. The number of thiazole rings is 1. The van der Waals surface area contributed by atoms with Gasteiger partial charge in [0.05, 0.1) is 20.1 Å². The molecule has 0 radical (unpaired) electrons. The minimum atomic E-state index is -0.428. The maximum atomic E-state index is 13.2. The van der Waals surface area contributed by atoms with E-state index < -0.39 is 4.92 Å². The van der Waals surface area contributed by atoms with Gasteiger partial charge in [-0.1, -0.05) is 12.1 Å². The number of hydrogen-bond donors (Lipinski definition) is 0. The molecule has 182 valence electrons. The SMILES string of the molecule is CC(=O)N1CCN(c2ccc(C(=O)N3CCC(c4nc5ccccc5s4)CC3)cc2[N+](=O)[O-])CC1. The fraction of sp³-hybridized carbons (Fsp3) is 0.400. The number of para-hydroxylation sites is 1. The first-order valence-electron chi connectivity index (χ1n) is 11.8.